The fourth-order valence-electron chi connectivity index (χ4n) is 1.72. The fraction of sp³-hybridized carbons (Fsp3) is 0.133. The summed E-state index contributed by atoms with van der Waals surface area (Å²) in [5, 5.41) is 0. The van der Waals surface area contributed by atoms with E-state index in [2.05, 4.69) is 36.3 Å². The third kappa shape index (κ3) is 4.18. The van der Waals surface area contributed by atoms with Crippen LogP contribution in [-0.4, -0.2) is 21.2 Å². The van der Waals surface area contributed by atoms with Gasteiger partial charge in [-0.05, 0) is 68.6 Å². The van der Waals surface area contributed by atoms with Gasteiger partial charge >= 0.3 is 0 Å². The SMILES string of the molecule is CCOc1c(Br)cc(/C=N\S(=O)(=O)c2ccccc2)cc1Br. The molecule has 0 aliphatic carbocycles. The lowest BCUT2D eigenvalue weighted by Gasteiger charge is -2.09. The number of ether oxygens (including phenoxy) is 1. The molecule has 2 aromatic rings. The summed E-state index contributed by atoms with van der Waals surface area (Å²) >= 11 is 6.80. The van der Waals surface area contributed by atoms with Gasteiger partial charge in [-0.1, -0.05) is 18.2 Å². The highest BCUT2D eigenvalue weighted by Crippen LogP contribution is 2.34. The Morgan fingerprint density at radius 2 is 1.73 bits per heavy atom. The Balaban J connectivity index is 2.31. The summed E-state index contributed by atoms with van der Waals surface area (Å²) in [5.74, 6) is 0.672. The Bertz CT molecular complexity index is 767. The van der Waals surface area contributed by atoms with E-state index < -0.39 is 10.0 Å². The molecule has 2 aromatic carbocycles. The summed E-state index contributed by atoms with van der Waals surface area (Å²) in [6, 6.07) is 11.6. The Morgan fingerprint density at radius 3 is 2.27 bits per heavy atom. The van der Waals surface area contributed by atoms with Gasteiger partial charge in [0.15, 0.2) is 0 Å². The van der Waals surface area contributed by atoms with Crippen molar-refractivity contribution in [3.8, 4) is 5.75 Å². The van der Waals surface area contributed by atoms with Crippen LogP contribution >= 0.6 is 31.9 Å². The molecule has 0 spiro atoms. The molecule has 7 heteroatoms. The first kappa shape index (κ1) is 17.2. The van der Waals surface area contributed by atoms with Crippen molar-refractivity contribution in [3.63, 3.8) is 0 Å². The molecule has 116 valence electrons. The number of rotatable bonds is 5. The molecular formula is C15H13Br2NO3S. The van der Waals surface area contributed by atoms with Crippen LogP contribution in [0.25, 0.3) is 0 Å². The van der Waals surface area contributed by atoms with E-state index in [1.807, 2.05) is 6.92 Å². The van der Waals surface area contributed by atoms with Crippen LogP contribution in [0.2, 0.25) is 0 Å². The van der Waals surface area contributed by atoms with Crippen LogP contribution in [0.15, 0.2) is 60.7 Å². The first-order valence-electron chi connectivity index (χ1n) is 6.41. The molecule has 4 nitrogen and oxygen atoms in total. The summed E-state index contributed by atoms with van der Waals surface area (Å²) in [7, 11) is -3.70. The Hall–Kier alpha value is -1.18. The summed E-state index contributed by atoms with van der Waals surface area (Å²) in [6.07, 6.45) is 1.31. The average Bonchev–Trinajstić information content (AvgIpc) is 2.50. The monoisotopic (exact) mass is 445 g/mol. The topological polar surface area (TPSA) is 55.7 Å². The van der Waals surface area contributed by atoms with E-state index in [1.165, 1.54) is 18.3 Å². The number of hydrogen-bond acceptors (Lipinski definition) is 3. The summed E-state index contributed by atoms with van der Waals surface area (Å²) in [6.45, 7) is 2.42. The highest BCUT2D eigenvalue weighted by Gasteiger charge is 2.12. The molecule has 0 aromatic heterocycles. The molecule has 0 saturated heterocycles. The number of halogens is 2. The van der Waals surface area contributed by atoms with Gasteiger partial charge in [0.2, 0.25) is 0 Å². The zero-order chi connectivity index (χ0) is 16.2. The molecule has 0 fully saturated rings. The molecule has 0 radical (unpaired) electrons. The normalized spacial score (nSPS) is 11.8. The number of hydrogen-bond donors (Lipinski definition) is 0. The van der Waals surface area contributed by atoms with Gasteiger partial charge in [0.05, 0.1) is 20.4 Å². The maximum Gasteiger partial charge on any atom is 0.282 e. The highest BCUT2D eigenvalue weighted by atomic mass is 79.9. The lowest BCUT2D eigenvalue weighted by atomic mass is 10.2. The maximum atomic E-state index is 12.1. The number of benzene rings is 2. The number of nitrogens with zero attached hydrogens (tertiary/aromatic N) is 1. The molecule has 0 aliphatic rings. The fourth-order valence-corrected chi connectivity index (χ4v) is 4.05. The molecule has 0 atom stereocenters. The number of sulfonamides is 1. The third-order valence-electron chi connectivity index (χ3n) is 2.69. The van der Waals surface area contributed by atoms with E-state index >= 15 is 0 Å². The van der Waals surface area contributed by atoms with Crippen molar-refractivity contribution in [2.75, 3.05) is 6.61 Å². The van der Waals surface area contributed by atoms with Gasteiger partial charge in [-0.15, -0.1) is 0 Å². The van der Waals surface area contributed by atoms with Gasteiger partial charge in [-0.3, -0.25) is 0 Å². The Morgan fingerprint density at radius 1 is 1.14 bits per heavy atom. The van der Waals surface area contributed by atoms with Crippen molar-refractivity contribution in [1.29, 1.82) is 0 Å². The molecule has 22 heavy (non-hydrogen) atoms. The van der Waals surface area contributed by atoms with Gasteiger partial charge in [-0.2, -0.15) is 12.8 Å². The second-order valence-corrected chi connectivity index (χ2v) is 7.61. The molecule has 0 aliphatic heterocycles. The summed E-state index contributed by atoms with van der Waals surface area (Å²) in [4.78, 5) is 0.162. The van der Waals surface area contributed by atoms with E-state index in [9.17, 15) is 8.42 Å². The second kappa shape index (κ2) is 7.39. The molecule has 0 N–H and O–H groups in total. The van der Waals surface area contributed by atoms with Gasteiger partial charge in [0.25, 0.3) is 10.0 Å². The van der Waals surface area contributed by atoms with Crippen molar-refractivity contribution in [2.45, 2.75) is 11.8 Å². The summed E-state index contributed by atoms with van der Waals surface area (Å²) in [5.41, 5.74) is 0.640. The van der Waals surface area contributed by atoms with E-state index in [-0.39, 0.29) is 4.90 Å². The maximum absolute atomic E-state index is 12.1. The van der Waals surface area contributed by atoms with Crippen molar-refractivity contribution in [1.82, 2.24) is 0 Å². The van der Waals surface area contributed by atoms with Gasteiger partial charge in [-0.25, -0.2) is 0 Å². The van der Waals surface area contributed by atoms with E-state index in [0.717, 1.165) is 8.95 Å². The Labute approximate surface area is 146 Å². The molecule has 0 heterocycles. The van der Waals surface area contributed by atoms with Crippen molar-refractivity contribution in [3.05, 3.63) is 57.0 Å². The minimum Gasteiger partial charge on any atom is -0.492 e. The average molecular weight is 447 g/mol. The van der Waals surface area contributed by atoms with Gasteiger partial charge in [0, 0.05) is 6.21 Å². The van der Waals surface area contributed by atoms with Crippen LogP contribution in [0.5, 0.6) is 5.75 Å². The summed E-state index contributed by atoms with van der Waals surface area (Å²) < 4.78 is 34.8. The minimum absolute atomic E-state index is 0.162. The van der Waals surface area contributed by atoms with Crippen LogP contribution in [0.1, 0.15) is 12.5 Å². The van der Waals surface area contributed by atoms with E-state index in [1.54, 1.807) is 30.3 Å². The van der Waals surface area contributed by atoms with Crippen molar-refractivity contribution >= 4 is 48.1 Å². The molecule has 0 saturated carbocycles. The molecular weight excluding hydrogens is 434 g/mol. The third-order valence-corrected chi connectivity index (χ3v) is 5.12. The van der Waals surface area contributed by atoms with Crippen LogP contribution in [0, 0.1) is 0 Å². The van der Waals surface area contributed by atoms with Gasteiger partial charge in [0.1, 0.15) is 5.75 Å². The van der Waals surface area contributed by atoms with Crippen molar-refractivity contribution < 1.29 is 13.2 Å². The van der Waals surface area contributed by atoms with Gasteiger partial charge < -0.3 is 4.74 Å². The molecule has 0 unspecified atom stereocenters. The standard InChI is InChI=1S/C15H13Br2NO3S/c1-2-21-15-13(16)8-11(9-14(15)17)10-18-22(19,20)12-6-4-3-5-7-12/h3-10H,2H2,1H3/b18-10-. The lowest BCUT2D eigenvalue weighted by molar-refractivity contribution is 0.336. The largest absolute Gasteiger partial charge is 0.492 e. The lowest BCUT2D eigenvalue weighted by Crippen LogP contribution is -1.98. The Kier molecular flexibility index (Phi) is 5.77. The van der Waals surface area contributed by atoms with Crippen molar-refractivity contribution in [2.24, 2.45) is 4.40 Å². The molecule has 2 rings (SSSR count). The predicted molar refractivity (Wildman–Crippen MR) is 94.2 cm³/mol. The highest BCUT2D eigenvalue weighted by molar-refractivity contribution is 9.11. The predicted octanol–water partition coefficient (Wildman–Crippen LogP) is 4.42. The second-order valence-electron chi connectivity index (χ2n) is 4.27. The molecule has 0 amide bonds. The van der Waals surface area contributed by atoms with Crippen LogP contribution in [0.3, 0.4) is 0 Å². The van der Waals surface area contributed by atoms with Crippen LogP contribution in [0.4, 0.5) is 0 Å². The van der Waals surface area contributed by atoms with E-state index in [0.29, 0.717) is 17.9 Å². The minimum atomic E-state index is -3.70. The van der Waals surface area contributed by atoms with E-state index in [4.69, 9.17) is 4.74 Å². The van der Waals surface area contributed by atoms with Crippen LogP contribution in [-0.2, 0) is 10.0 Å². The molecule has 0 bridgehead atoms. The zero-order valence-corrected chi connectivity index (χ0v) is 15.7. The van der Waals surface area contributed by atoms with Crippen LogP contribution < -0.4 is 4.74 Å². The smallest absolute Gasteiger partial charge is 0.282 e. The first-order chi connectivity index (χ1) is 10.4. The quantitative estimate of drug-likeness (QED) is 0.638. The zero-order valence-electron chi connectivity index (χ0n) is 11.7. The first-order valence-corrected chi connectivity index (χ1v) is 9.44.